The lowest BCUT2D eigenvalue weighted by molar-refractivity contribution is -0.137. The molecule has 82 valence electrons. The normalized spacial score (nSPS) is 45.9. The molecule has 1 N–H and O–H groups in total. The fraction of sp³-hybridized carbons (Fsp3) is 0.769. The van der Waals surface area contributed by atoms with E-state index in [0.29, 0.717) is 17.8 Å². The molecule has 2 bridgehead atoms. The van der Waals surface area contributed by atoms with E-state index in [4.69, 9.17) is 5.11 Å². The molecule has 15 heavy (non-hydrogen) atoms. The Kier molecular flexibility index (Phi) is 1.80. The van der Waals surface area contributed by atoms with Crippen molar-refractivity contribution in [1.29, 1.82) is 0 Å². The lowest BCUT2D eigenvalue weighted by atomic mass is 9.65. The van der Waals surface area contributed by atoms with E-state index in [1.807, 2.05) is 0 Å². The van der Waals surface area contributed by atoms with Gasteiger partial charge in [0.1, 0.15) is 0 Å². The summed E-state index contributed by atoms with van der Waals surface area (Å²) in [6, 6.07) is 0. The summed E-state index contributed by atoms with van der Waals surface area (Å²) in [5, 5.41) is 8.81. The Morgan fingerprint density at radius 3 is 3.13 bits per heavy atom. The van der Waals surface area contributed by atoms with Crippen LogP contribution in [0, 0.1) is 23.2 Å². The van der Waals surface area contributed by atoms with Gasteiger partial charge < -0.3 is 5.11 Å². The second-order valence-corrected chi connectivity index (χ2v) is 5.77. The van der Waals surface area contributed by atoms with E-state index in [1.54, 1.807) is 5.57 Å². The maximum Gasteiger partial charge on any atom is 0.303 e. The predicted octanol–water partition coefficient (Wildman–Crippen LogP) is 2.84. The minimum atomic E-state index is -0.634. The average molecular weight is 206 g/mol. The van der Waals surface area contributed by atoms with Crippen LogP contribution in [-0.4, -0.2) is 11.1 Å². The topological polar surface area (TPSA) is 37.3 Å². The van der Waals surface area contributed by atoms with Crippen molar-refractivity contribution >= 4 is 5.97 Å². The standard InChI is InChI=1S/C13H18O2/c1-8-4-9-5-10-6-13(8,7-11(9)10)3-2-12(14)15/h4,8,10-11H,2-3,5-7H2,1H3,(H,14,15). The SMILES string of the molecule is CC1C=C2CC3CC1(CCC(=O)O)CC23. The summed E-state index contributed by atoms with van der Waals surface area (Å²) in [5.74, 6) is 1.71. The molecular formula is C13H18O2. The van der Waals surface area contributed by atoms with Crippen LogP contribution in [0.4, 0.5) is 0 Å². The Hall–Kier alpha value is -0.790. The Balaban J connectivity index is 1.81. The van der Waals surface area contributed by atoms with Crippen molar-refractivity contribution in [2.75, 3.05) is 0 Å². The highest BCUT2D eigenvalue weighted by Gasteiger charge is 2.56. The van der Waals surface area contributed by atoms with Crippen LogP contribution in [0.15, 0.2) is 11.6 Å². The van der Waals surface area contributed by atoms with Crippen molar-refractivity contribution < 1.29 is 9.90 Å². The molecule has 4 unspecified atom stereocenters. The number of carboxylic acids is 1. The van der Waals surface area contributed by atoms with Crippen molar-refractivity contribution in [3.63, 3.8) is 0 Å². The summed E-state index contributed by atoms with van der Waals surface area (Å²) in [6.07, 6.45) is 7.56. The van der Waals surface area contributed by atoms with Crippen LogP contribution in [-0.2, 0) is 4.79 Å². The second-order valence-electron chi connectivity index (χ2n) is 5.77. The largest absolute Gasteiger partial charge is 0.481 e. The summed E-state index contributed by atoms with van der Waals surface area (Å²) in [5.41, 5.74) is 2.02. The molecule has 0 heterocycles. The zero-order chi connectivity index (χ0) is 10.6. The lowest BCUT2D eigenvalue weighted by Crippen LogP contribution is -2.30. The molecule has 0 aromatic rings. The van der Waals surface area contributed by atoms with E-state index < -0.39 is 5.97 Å². The van der Waals surface area contributed by atoms with Crippen LogP contribution in [0.2, 0.25) is 0 Å². The van der Waals surface area contributed by atoms with Crippen molar-refractivity contribution in [3.8, 4) is 0 Å². The summed E-state index contributed by atoms with van der Waals surface area (Å²) in [4.78, 5) is 10.7. The Bertz CT molecular complexity index is 344. The number of hydrogen-bond donors (Lipinski definition) is 1. The lowest BCUT2D eigenvalue weighted by Gasteiger charge is -2.40. The molecule has 0 radical (unpaired) electrons. The van der Waals surface area contributed by atoms with E-state index in [2.05, 4.69) is 13.0 Å². The third-order valence-corrected chi connectivity index (χ3v) is 5.11. The van der Waals surface area contributed by atoms with E-state index in [9.17, 15) is 4.79 Å². The Labute approximate surface area is 90.4 Å². The van der Waals surface area contributed by atoms with Gasteiger partial charge in [-0.05, 0) is 48.9 Å². The third-order valence-electron chi connectivity index (χ3n) is 5.11. The summed E-state index contributed by atoms with van der Waals surface area (Å²) < 4.78 is 0. The zero-order valence-corrected chi connectivity index (χ0v) is 9.20. The fourth-order valence-corrected chi connectivity index (χ4v) is 4.14. The summed E-state index contributed by atoms with van der Waals surface area (Å²) in [7, 11) is 0. The van der Waals surface area contributed by atoms with Crippen molar-refractivity contribution in [2.24, 2.45) is 23.2 Å². The molecule has 4 atom stereocenters. The smallest absolute Gasteiger partial charge is 0.303 e. The first-order chi connectivity index (χ1) is 7.11. The molecule has 0 saturated heterocycles. The van der Waals surface area contributed by atoms with Gasteiger partial charge in [0.2, 0.25) is 0 Å². The average Bonchev–Trinajstić information content (AvgIpc) is 2.31. The highest BCUT2D eigenvalue weighted by atomic mass is 16.4. The van der Waals surface area contributed by atoms with Gasteiger partial charge in [0, 0.05) is 6.42 Å². The highest BCUT2D eigenvalue weighted by molar-refractivity contribution is 5.66. The van der Waals surface area contributed by atoms with Gasteiger partial charge in [0.25, 0.3) is 0 Å². The molecule has 0 amide bonds. The van der Waals surface area contributed by atoms with E-state index >= 15 is 0 Å². The molecule has 3 aliphatic carbocycles. The number of fused-ring (bicyclic) bond motifs is 1. The van der Waals surface area contributed by atoms with Crippen molar-refractivity contribution in [1.82, 2.24) is 0 Å². The van der Waals surface area contributed by atoms with Gasteiger partial charge in [-0.2, -0.15) is 0 Å². The molecule has 0 aromatic heterocycles. The van der Waals surface area contributed by atoms with Crippen LogP contribution >= 0.6 is 0 Å². The van der Waals surface area contributed by atoms with Crippen LogP contribution in [0.1, 0.15) is 39.0 Å². The molecular weight excluding hydrogens is 188 g/mol. The molecule has 2 fully saturated rings. The Morgan fingerprint density at radius 2 is 2.40 bits per heavy atom. The number of allylic oxidation sites excluding steroid dienone is 2. The second kappa shape index (κ2) is 2.87. The van der Waals surface area contributed by atoms with E-state index in [-0.39, 0.29) is 0 Å². The molecule has 0 aliphatic heterocycles. The minimum Gasteiger partial charge on any atom is -0.481 e. The molecule has 2 nitrogen and oxygen atoms in total. The molecule has 0 aromatic carbocycles. The molecule has 2 saturated carbocycles. The number of rotatable bonds is 3. The maximum absolute atomic E-state index is 10.7. The third kappa shape index (κ3) is 1.20. The van der Waals surface area contributed by atoms with E-state index in [0.717, 1.165) is 18.3 Å². The number of carbonyl (C=O) groups is 1. The molecule has 0 spiro atoms. The van der Waals surface area contributed by atoms with Crippen LogP contribution in [0.25, 0.3) is 0 Å². The summed E-state index contributed by atoms with van der Waals surface area (Å²) >= 11 is 0. The van der Waals surface area contributed by atoms with Gasteiger partial charge in [0.15, 0.2) is 0 Å². The first-order valence-corrected chi connectivity index (χ1v) is 6.03. The molecule has 3 rings (SSSR count). The Morgan fingerprint density at radius 1 is 1.60 bits per heavy atom. The van der Waals surface area contributed by atoms with Gasteiger partial charge in [-0.25, -0.2) is 0 Å². The van der Waals surface area contributed by atoms with Crippen molar-refractivity contribution in [3.05, 3.63) is 11.6 Å². The minimum absolute atomic E-state index is 0.341. The predicted molar refractivity (Wildman–Crippen MR) is 57.4 cm³/mol. The quantitative estimate of drug-likeness (QED) is 0.721. The van der Waals surface area contributed by atoms with Crippen LogP contribution in [0.5, 0.6) is 0 Å². The van der Waals surface area contributed by atoms with E-state index in [1.165, 1.54) is 19.3 Å². The van der Waals surface area contributed by atoms with Gasteiger partial charge in [0.05, 0.1) is 0 Å². The van der Waals surface area contributed by atoms with Crippen LogP contribution in [0.3, 0.4) is 0 Å². The highest BCUT2D eigenvalue weighted by Crippen LogP contribution is 2.66. The maximum atomic E-state index is 10.7. The monoisotopic (exact) mass is 206 g/mol. The zero-order valence-electron chi connectivity index (χ0n) is 9.20. The molecule has 2 heteroatoms. The van der Waals surface area contributed by atoms with Crippen LogP contribution < -0.4 is 0 Å². The number of aliphatic carboxylic acids is 1. The van der Waals surface area contributed by atoms with Gasteiger partial charge >= 0.3 is 5.97 Å². The van der Waals surface area contributed by atoms with Gasteiger partial charge in [-0.15, -0.1) is 0 Å². The first-order valence-electron chi connectivity index (χ1n) is 6.03. The van der Waals surface area contributed by atoms with Gasteiger partial charge in [-0.1, -0.05) is 18.6 Å². The number of carboxylic acid groups (broad SMARTS) is 1. The number of hydrogen-bond acceptors (Lipinski definition) is 1. The van der Waals surface area contributed by atoms with Crippen molar-refractivity contribution in [2.45, 2.75) is 39.0 Å². The fourth-order valence-electron chi connectivity index (χ4n) is 4.14. The molecule has 3 aliphatic rings. The summed E-state index contributed by atoms with van der Waals surface area (Å²) in [6.45, 7) is 2.28. The first kappa shape index (κ1) is 9.44. The van der Waals surface area contributed by atoms with Gasteiger partial charge in [-0.3, -0.25) is 4.79 Å².